The van der Waals surface area contributed by atoms with Gasteiger partial charge in [0.15, 0.2) is 0 Å². The average molecular weight is 316 g/mol. The summed E-state index contributed by atoms with van der Waals surface area (Å²) in [5, 5.41) is 16.9. The Morgan fingerprint density at radius 3 is 2.29 bits per heavy atom. The highest BCUT2D eigenvalue weighted by molar-refractivity contribution is 7.89. The van der Waals surface area contributed by atoms with Crippen molar-refractivity contribution in [3.63, 3.8) is 0 Å². The molecule has 0 amide bonds. The molecule has 1 aromatic rings. The van der Waals surface area contributed by atoms with E-state index in [1.165, 1.54) is 0 Å². The Hall–Kier alpha value is -1.87. The van der Waals surface area contributed by atoms with E-state index in [-0.39, 0.29) is 18.0 Å². The van der Waals surface area contributed by atoms with Crippen LogP contribution in [-0.2, 0) is 10.0 Å². The average Bonchev–Trinajstić information content (AvgIpc) is 2.38. The number of anilines is 2. The third-order valence-electron chi connectivity index (χ3n) is 2.64. The van der Waals surface area contributed by atoms with Crippen LogP contribution in [0.3, 0.4) is 0 Å². The second-order valence-electron chi connectivity index (χ2n) is 4.23. The Morgan fingerprint density at radius 2 is 1.76 bits per heavy atom. The van der Waals surface area contributed by atoms with Gasteiger partial charge in [0, 0.05) is 19.6 Å². The normalized spacial score (nSPS) is 11.1. The molecule has 3 N–H and O–H groups in total. The number of para-hydroxylation sites is 1. The van der Waals surface area contributed by atoms with Gasteiger partial charge in [-0.05, 0) is 19.1 Å². The van der Waals surface area contributed by atoms with Gasteiger partial charge in [-0.25, -0.2) is 13.1 Å². The smallest absolute Gasteiger partial charge is 0.315 e. The lowest BCUT2D eigenvalue weighted by Crippen LogP contribution is -2.29. The second-order valence-corrected chi connectivity index (χ2v) is 6.16. The Balaban J connectivity index is 2.84. The lowest BCUT2D eigenvalue weighted by atomic mass is 10.2. The molecule has 0 saturated heterocycles. The SMILES string of the molecule is CCNc1cccc(NCCS(=O)(=O)NCC)c1[N+](=O)[O-]. The highest BCUT2D eigenvalue weighted by atomic mass is 32.2. The number of hydrogen-bond acceptors (Lipinski definition) is 6. The largest absolute Gasteiger partial charge is 0.380 e. The number of nitrogens with zero attached hydrogens (tertiary/aromatic N) is 1. The molecule has 9 heteroatoms. The van der Waals surface area contributed by atoms with Crippen LogP contribution >= 0.6 is 0 Å². The number of hydrogen-bond donors (Lipinski definition) is 3. The number of benzene rings is 1. The molecule has 118 valence electrons. The Morgan fingerprint density at radius 1 is 1.14 bits per heavy atom. The van der Waals surface area contributed by atoms with Crippen molar-refractivity contribution >= 4 is 27.1 Å². The van der Waals surface area contributed by atoms with Crippen LogP contribution in [0.2, 0.25) is 0 Å². The molecule has 0 bridgehead atoms. The van der Waals surface area contributed by atoms with E-state index in [0.29, 0.717) is 24.5 Å². The topological polar surface area (TPSA) is 113 Å². The third-order valence-corrected chi connectivity index (χ3v) is 4.11. The Labute approximate surface area is 124 Å². The molecule has 0 heterocycles. The van der Waals surface area contributed by atoms with Gasteiger partial charge in [-0.2, -0.15) is 0 Å². The standard InChI is InChI=1S/C12H20N4O4S/c1-3-13-10-6-5-7-11(12(10)16(17)18)14-8-9-21(19,20)15-4-2/h5-7,13-15H,3-4,8-9H2,1-2H3. The van der Waals surface area contributed by atoms with Gasteiger partial charge in [-0.3, -0.25) is 10.1 Å². The van der Waals surface area contributed by atoms with Gasteiger partial charge in [-0.1, -0.05) is 13.0 Å². The van der Waals surface area contributed by atoms with Crippen LogP contribution in [0, 0.1) is 10.1 Å². The maximum Gasteiger partial charge on any atom is 0.315 e. The molecular weight excluding hydrogens is 296 g/mol. The maximum atomic E-state index is 11.5. The molecule has 0 saturated carbocycles. The fourth-order valence-corrected chi connectivity index (χ4v) is 2.78. The first kappa shape index (κ1) is 17.2. The Bertz CT molecular complexity index is 589. The third kappa shape index (κ3) is 5.20. The molecule has 8 nitrogen and oxygen atoms in total. The molecule has 0 atom stereocenters. The van der Waals surface area contributed by atoms with Crippen LogP contribution < -0.4 is 15.4 Å². The first-order chi connectivity index (χ1) is 9.91. The van der Waals surface area contributed by atoms with Crippen molar-refractivity contribution in [2.45, 2.75) is 13.8 Å². The highest BCUT2D eigenvalue weighted by Gasteiger charge is 2.19. The summed E-state index contributed by atoms with van der Waals surface area (Å²) in [6, 6.07) is 4.84. The van der Waals surface area contributed by atoms with Crippen LogP contribution in [0.1, 0.15) is 13.8 Å². The molecule has 0 aliphatic rings. The second kappa shape index (κ2) is 7.79. The molecule has 0 fully saturated rings. The summed E-state index contributed by atoms with van der Waals surface area (Å²) in [5.41, 5.74) is 0.618. The Kier molecular flexibility index (Phi) is 6.38. The van der Waals surface area contributed by atoms with E-state index >= 15 is 0 Å². The predicted octanol–water partition coefficient (Wildman–Crippen LogP) is 1.38. The van der Waals surface area contributed by atoms with E-state index in [1.54, 1.807) is 25.1 Å². The molecule has 0 radical (unpaired) electrons. The molecular formula is C12H20N4O4S. The van der Waals surface area contributed by atoms with E-state index in [0.717, 1.165) is 0 Å². The van der Waals surface area contributed by atoms with E-state index in [4.69, 9.17) is 0 Å². The molecule has 1 aromatic carbocycles. The van der Waals surface area contributed by atoms with Gasteiger partial charge in [0.2, 0.25) is 10.0 Å². The van der Waals surface area contributed by atoms with Crippen LogP contribution in [0.4, 0.5) is 17.1 Å². The van der Waals surface area contributed by atoms with Crippen molar-refractivity contribution in [3.05, 3.63) is 28.3 Å². The molecule has 0 aromatic heterocycles. The number of nitro groups is 1. The number of nitrogens with one attached hydrogen (secondary N) is 3. The van der Waals surface area contributed by atoms with Crippen molar-refractivity contribution in [2.24, 2.45) is 0 Å². The van der Waals surface area contributed by atoms with E-state index in [9.17, 15) is 18.5 Å². The van der Waals surface area contributed by atoms with Crippen molar-refractivity contribution in [1.82, 2.24) is 4.72 Å². The summed E-state index contributed by atoms with van der Waals surface area (Å²) in [4.78, 5) is 10.7. The summed E-state index contributed by atoms with van der Waals surface area (Å²) in [6.07, 6.45) is 0. The zero-order valence-corrected chi connectivity index (χ0v) is 12.9. The van der Waals surface area contributed by atoms with Crippen molar-refractivity contribution in [3.8, 4) is 0 Å². The molecule has 1 rings (SSSR count). The van der Waals surface area contributed by atoms with Crippen LogP contribution in [0.25, 0.3) is 0 Å². The number of rotatable bonds is 9. The summed E-state index contributed by atoms with van der Waals surface area (Å²) in [6.45, 7) is 4.49. The van der Waals surface area contributed by atoms with E-state index < -0.39 is 14.9 Å². The maximum absolute atomic E-state index is 11.5. The van der Waals surface area contributed by atoms with Gasteiger partial charge in [0.05, 0.1) is 10.7 Å². The molecule has 0 unspecified atom stereocenters. The number of sulfonamides is 1. The zero-order chi connectivity index (χ0) is 15.9. The minimum Gasteiger partial charge on any atom is -0.380 e. The molecule has 21 heavy (non-hydrogen) atoms. The quantitative estimate of drug-likeness (QED) is 0.468. The van der Waals surface area contributed by atoms with Crippen LogP contribution in [0.5, 0.6) is 0 Å². The summed E-state index contributed by atoms with van der Waals surface area (Å²) < 4.78 is 25.4. The van der Waals surface area contributed by atoms with Crippen molar-refractivity contribution in [2.75, 3.05) is 36.0 Å². The van der Waals surface area contributed by atoms with E-state index in [1.807, 2.05) is 6.92 Å². The van der Waals surface area contributed by atoms with Gasteiger partial charge < -0.3 is 10.6 Å². The summed E-state index contributed by atoms with van der Waals surface area (Å²) in [5.74, 6) is -0.149. The monoisotopic (exact) mass is 316 g/mol. The fourth-order valence-electron chi connectivity index (χ4n) is 1.83. The molecule has 0 aliphatic carbocycles. The van der Waals surface area contributed by atoms with Crippen molar-refractivity contribution in [1.29, 1.82) is 0 Å². The lowest BCUT2D eigenvalue weighted by molar-refractivity contribution is -0.383. The minimum absolute atomic E-state index is 0.0831. The molecule has 0 aliphatic heterocycles. The summed E-state index contributed by atoms with van der Waals surface area (Å²) >= 11 is 0. The molecule has 0 spiro atoms. The van der Waals surface area contributed by atoms with Crippen LogP contribution in [-0.4, -0.2) is 38.7 Å². The van der Waals surface area contributed by atoms with Gasteiger partial charge >= 0.3 is 5.69 Å². The predicted molar refractivity (Wildman–Crippen MR) is 83.2 cm³/mol. The first-order valence-corrected chi connectivity index (χ1v) is 8.29. The highest BCUT2D eigenvalue weighted by Crippen LogP contribution is 2.32. The lowest BCUT2D eigenvalue weighted by Gasteiger charge is -2.11. The van der Waals surface area contributed by atoms with Crippen molar-refractivity contribution < 1.29 is 13.3 Å². The van der Waals surface area contributed by atoms with Gasteiger partial charge in [-0.15, -0.1) is 0 Å². The minimum atomic E-state index is -3.35. The fraction of sp³-hybridized carbons (Fsp3) is 0.500. The van der Waals surface area contributed by atoms with E-state index in [2.05, 4.69) is 15.4 Å². The van der Waals surface area contributed by atoms with Gasteiger partial charge in [0.25, 0.3) is 0 Å². The summed E-state index contributed by atoms with van der Waals surface area (Å²) in [7, 11) is -3.35. The van der Waals surface area contributed by atoms with Gasteiger partial charge in [0.1, 0.15) is 11.4 Å². The zero-order valence-electron chi connectivity index (χ0n) is 12.0. The van der Waals surface area contributed by atoms with Crippen LogP contribution in [0.15, 0.2) is 18.2 Å². The first-order valence-electron chi connectivity index (χ1n) is 6.63. The number of nitro benzene ring substituents is 1.